The summed E-state index contributed by atoms with van der Waals surface area (Å²) in [7, 11) is 1.69. The number of aryl methyl sites for hydroxylation is 1. The molecule has 0 saturated carbocycles. The fraction of sp³-hybridized carbons (Fsp3) is 0.250. The number of likely N-dealkylation sites (N-methyl/N-ethyl adjacent to an activating group) is 1. The highest BCUT2D eigenvalue weighted by atomic mass is 16.5. The lowest BCUT2D eigenvalue weighted by Gasteiger charge is -2.15. The predicted molar refractivity (Wildman–Crippen MR) is 87.6 cm³/mol. The van der Waals surface area contributed by atoms with Gasteiger partial charge in [0.25, 0.3) is 0 Å². The van der Waals surface area contributed by atoms with Gasteiger partial charge in [-0.15, -0.1) is 0 Å². The Morgan fingerprint density at radius 3 is 2.83 bits per heavy atom. The van der Waals surface area contributed by atoms with Crippen LogP contribution < -0.4 is 5.73 Å². The van der Waals surface area contributed by atoms with Crippen LogP contribution in [0.3, 0.4) is 0 Å². The second-order valence-corrected chi connectivity index (χ2v) is 5.51. The fourth-order valence-corrected chi connectivity index (χ4v) is 2.29. The van der Waals surface area contributed by atoms with E-state index < -0.39 is 0 Å². The van der Waals surface area contributed by atoms with E-state index in [2.05, 4.69) is 15.2 Å². The number of aromatic nitrogens is 4. The lowest BCUT2D eigenvalue weighted by molar-refractivity contribution is -0.131. The Labute approximate surface area is 138 Å². The molecule has 0 aliphatic carbocycles. The minimum Gasteiger partial charge on any atom is -0.384 e. The number of anilines is 1. The van der Waals surface area contributed by atoms with Crippen molar-refractivity contribution in [2.75, 3.05) is 12.8 Å². The minimum absolute atomic E-state index is 0.0808. The first-order valence-corrected chi connectivity index (χ1v) is 7.44. The van der Waals surface area contributed by atoms with Crippen LogP contribution in [-0.2, 0) is 17.9 Å². The summed E-state index contributed by atoms with van der Waals surface area (Å²) in [6.07, 6.45) is 1.69. The number of nitrogen functional groups attached to an aromatic ring is 1. The highest BCUT2D eigenvalue weighted by Gasteiger charge is 2.15. The van der Waals surface area contributed by atoms with Crippen LogP contribution in [0.5, 0.6) is 0 Å². The smallest absolute Gasteiger partial charge is 0.244 e. The lowest BCUT2D eigenvalue weighted by Crippen LogP contribution is -2.30. The maximum Gasteiger partial charge on any atom is 0.244 e. The average molecular weight is 326 g/mol. The fourth-order valence-electron chi connectivity index (χ4n) is 2.29. The number of nitrogens with two attached hydrogens (primary N) is 1. The lowest BCUT2D eigenvalue weighted by atomic mass is 10.2. The van der Waals surface area contributed by atoms with E-state index in [1.54, 1.807) is 30.3 Å². The van der Waals surface area contributed by atoms with Crippen molar-refractivity contribution in [3.8, 4) is 11.4 Å². The van der Waals surface area contributed by atoms with Gasteiger partial charge in [0, 0.05) is 25.4 Å². The molecular formula is C16H18N6O2. The standard InChI is InChI=1S/C16H18N6O2/c1-11-7-15(17)22(19-11)10-16(23)21(2)9-12-8-14(20-24-12)13-5-3-4-6-18-13/h3-8H,9-10,17H2,1-2H3. The minimum atomic E-state index is -0.124. The first-order chi connectivity index (χ1) is 11.5. The summed E-state index contributed by atoms with van der Waals surface area (Å²) in [5, 5.41) is 8.17. The average Bonchev–Trinajstić information content (AvgIpc) is 3.15. The molecule has 8 nitrogen and oxygen atoms in total. The van der Waals surface area contributed by atoms with Gasteiger partial charge in [-0.05, 0) is 19.1 Å². The SMILES string of the molecule is Cc1cc(N)n(CC(=O)N(C)Cc2cc(-c3ccccn3)no2)n1. The van der Waals surface area contributed by atoms with Crippen molar-refractivity contribution >= 4 is 11.7 Å². The number of nitrogens with zero attached hydrogens (tertiary/aromatic N) is 5. The molecular weight excluding hydrogens is 308 g/mol. The molecule has 8 heteroatoms. The quantitative estimate of drug-likeness (QED) is 0.762. The van der Waals surface area contributed by atoms with Crippen LogP contribution in [0, 0.1) is 6.92 Å². The zero-order chi connectivity index (χ0) is 17.1. The Kier molecular flexibility index (Phi) is 4.28. The van der Waals surface area contributed by atoms with Gasteiger partial charge in [-0.2, -0.15) is 5.10 Å². The molecule has 3 aromatic heterocycles. The van der Waals surface area contributed by atoms with E-state index in [4.69, 9.17) is 10.3 Å². The van der Waals surface area contributed by atoms with Crippen LogP contribution in [0.25, 0.3) is 11.4 Å². The number of carbonyl (C=O) groups is 1. The molecule has 0 aliphatic heterocycles. The first-order valence-electron chi connectivity index (χ1n) is 7.44. The van der Waals surface area contributed by atoms with E-state index in [-0.39, 0.29) is 12.5 Å². The van der Waals surface area contributed by atoms with Crippen molar-refractivity contribution in [1.82, 2.24) is 24.8 Å². The van der Waals surface area contributed by atoms with Gasteiger partial charge in [-0.25, -0.2) is 4.68 Å². The second-order valence-electron chi connectivity index (χ2n) is 5.51. The summed E-state index contributed by atoms with van der Waals surface area (Å²) in [6.45, 7) is 2.21. The van der Waals surface area contributed by atoms with Crippen LogP contribution in [0.4, 0.5) is 5.82 Å². The zero-order valence-electron chi connectivity index (χ0n) is 13.5. The van der Waals surface area contributed by atoms with Gasteiger partial charge in [0.05, 0.1) is 17.9 Å². The van der Waals surface area contributed by atoms with E-state index in [1.165, 1.54) is 4.68 Å². The summed E-state index contributed by atoms with van der Waals surface area (Å²) in [5.74, 6) is 0.920. The third kappa shape index (κ3) is 3.43. The Morgan fingerprint density at radius 1 is 1.33 bits per heavy atom. The summed E-state index contributed by atoms with van der Waals surface area (Å²) in [4.78, 5) is 18.0. The molecule has 3 heterocycles. The van der Waals surface area contributed by atoms with Crippen molar-refractivity contribution in [2.24, 2.45) is 0 Å². The van der Waals surface area contributed by atoms with E-state index in [0.29, 0.717) is 23.8 Å². The van der Waals surface area contributed by atoms with E-state index in [0.717, 1.165) is 11.4 Å². The zero-order valence-corrected chi connectivity index (χ0v) is 13.5. The first kappa shape index (κ1) is 15.7. The van der Waals surface area contributed by atoms with Crippen LogP contribution >= 0.6 is 0 Å². The molecule has 0 fully saturated rings. The summed E-state index contributed by atoms with van der Waals surface area (Å²) < 4.78 is 6.77. The molecule has 0 spiro atoms. The molecule has 0 unspecified atom stereocenters. The molecule has 0 saturated heterocycles. The summed E-state index contributed by atoms with van der Waals surface area (Å²) in [5.41, 5.74) is 7.94. The van der Waals surface area contributed by atoms with Crippen molar-refractivity contribution in [1.29, 1.82) is 0 Å². The van der Waals surface area contributed by atoms with E-state index in [1.807, 2.05) is 25.1 Å². The van der Waals surface area contributed by atoms with Gasteiger partial charge in [0.15, 0.2) is 5.76 Å². The van der Waals surface area contributed by atoms with E-state index in [9.17, 15) is 4.79 Å². The molecule has 124 valence electrons. The Balaban J connectivity index is 1.64. The molecule has 1 amide bonds. The van der Waals surface area contributed by atoms with Gasteiger partial charge in [-0.1, -0.05) is 11.2 Å². The van der Waals surface area contributed by atoms with Crippen molar-refractivity contribution < 1.29 is 9.32 Å². The van der Waals surface area contributed by atoms with Gasteiger partial charge in [0.1, 0.15) is 18.1 Å². The molecule has 0 aromatic carbocycles. The van der Waals surface area contributed by atoms with Crippen LogP contribution in [0.15, 0.2) is 41.1 Å². The molecule has 0 radical (unpaired) electrons. The highest BCUT2D eigenvalue weighted by Crippen LogP contribution is 2.17. The van der Waals surface area contributed by atoms with Crippen LogP contribution in [-0.4, -0.2) is 37.8 Å². The molecule has 2 N–H and O–H groups in total. The topological polar surface area (TPSA) is 103 Å². The number of rotatable bonds is 5. The van der Waals surface area contributed by atoms with Crippen molar-refractivity contribution in [3.05, 3.63) is 48.0 Å². The molecule has 0 bridgehead atoms. The third-order valence-corrected chi connectivity index (χ3v) is 3.52. The third-order valence-electron chi connectivity index (χ3n) is 3.52. The van der Waals surface area contributed by atoms with Gasteiger partial charge in [-0.3, -0.25) is 9.78 Å². The highest BCUT2D eigenvalue weighted by molar-refractivity contribution is 5.76. The monoisotopic (exact) mass is 326 g/mol. The number of pyridine rings is 1. The molecule has 24 heavy (non-hydrogen) atoms. The molecule has 3 rings (SSSR count). The van der Waals surface area contributed by atoms with Crippen molar-refractivity contribution in [2.45, 2.75) is 20.0 Å². The van der Waals surface area contributed by atoms with Gasteiger partial charge >= 0.3 is 0 Å². The predicted octanol–water partition coefficient (Wildman–Crippen LogP) is 1.48. The van der Waals surface area contributed by atoms with Gasteiger partial charge < -0.3 is 15.2 Å². The summed E-state index contributed by atoms with van der Waals surface area (Å²) in [6, 6.07) is 9.06. The maximum atomic E-state index is 12.3. The number of hydrogen-bond acceptors (Lipinski definition) is 6. The molecule has 0 aliphatic rings. The van der Waals surface area contributed by atoms with E-state index >= 15 is 0 Å². The maximum absolute atomic E-state index is 12.3. The molecule has 3 aromatic rings. The normalized spacial score (nSPS) is 10.8. The number of amides is 1. The number of carbonyl (C=O) groups excluding carboxylic acids is 1. The largest absolute Gasteiger partial charge is 0.384 e. The Morgan fingerprint density at radius 2 is 2.17 bits per heavy atom. The molecule has 0 atom stereocenters. The number of hydrogen-bond donors (Lipinski definition) is 1. The van der Waals surface area contributed by atoms with Crippen LogP contribution in [0.2, 0.25) is 0 Å². The Bertz CT molecular complexity index is 839. The Hall–Kier alpha value is -3.16. The van der Waals surface area contributed by atoms with Crippen molar-refractivity contribution in [3.63, 3.8) is 0 Å². The van der Waals surface area contributed by atoms with Gasteiger partial charge in [0.2, 0.25) is 5.91 Å². The summed E-state index contributed by atoms with van der Waals surface area (Å²) >= 11 is 0. The second kappa shape index (κ2) is 6.53. The van der Waals surface area contributed by atoms with Crippen LogP contribution in [0.1, 0.15) is 11.5 Å².